The average Bonchev–Trinajstić information content (AvgIpc) is 3.10. The molecule has 1 aliphatic heterocycles. The highest BCUT2D eigenvalue weighted by Crippen LogP contribution is 2.31. The summed E-state index contributed by atoms with van der Waals surface area (Å²) in [5.74, 6) is 0. The maximum atomic E-state index is 11.9. The van der Waals surface area contributed by atoms with Gasteiger partial charge in [0, 0.05) is 12.6 Å². The number of rotatable bonds is 3. The zero-order chi connectivity index (χ0) is 13.8. The lowest BCUT2D eigenvalue weighted by molar-refractivity contribution is 0.111. The van der Waals surface area contributed by atoms with Gasteiger partial charge in [-0.15, -0.1) is 10.2 Å². The maximum Gasteiger partial charge on any atom is 0.321 e. The molecular weight excluding hydrogens is 276 g/mol. The molecule has 2 aliphatic rings. The summed E-state index contributed by atoms with van der Waals surface area (Å²) < 4.78 is 5.56. The van der Waals surface area contributed by atoms with E-state index >= 15 is 0 Å². The van der Waals surface area contributed by atoms with Gasteiger partial charge in [0.15, 0.2) is 0 Å². The first-order chi connectivity index (χ1) is 9.81. The highest BCUT2D eigenvalue weighted by molar-refractivity contribution is 7.15. The van der Waals surface area contributed by atoms with Crippen LogP contribution in [0.2, 0.25) is 0 Å². The van der Waals surface area contributed by atoms with Crippen molar-refractivity contribution < 1.29 is 9.53 Å². The Morgan fingerprint density at radius 3 is 2.75 bits per heavy atom. The monoisotopic (exact) mass is 296 g/mol. The molecule has 1 aliphatic carbocycles. The molecule has 20 heavy (non-hydrogen) atoms. The normalized spacial score (nSPS) is 23.7. The molecule has 2 N–H and O–H groups in total. The summed E-state index contributed by atoms with van der Waals surface area (Å²) in [6.07, 6.45) is 7.94. The number of carbonyl (C=O) groups is 1. The molecule has 6 nitrogen and oxygen atoms in total. The number of hydrogen-bond donors (Lipinski definition) is 2. The van der Waals surface area contributed by atoms with Gasteiger partial charge in [0.25, 0.3) is 0 Å². The Balaban J connectivity index is 1.50. The van der Waals surface area contributed by atoms with Crippen molar-refractivity contribution in [1.29, 1.82) is 0 Å². The number of ether oxygens (including phenoxy) is 1. The standard InChI is InChI=1S/C13H20N4O2S/c18-12(14-9-5-2-1-3-6-9)15-13-17-16-11(20-13)10-7-4-8-19-10/h9-10H,1-8H2,(H2,14,15,17,18). The van der Waals surface area contributed by atoms with Crippen molar-refractivity contribution in [3.05, 3.63) is 5.01 Å². The van der Waals surface area contributed by atoms with E-state index in [1.54, 1.807) is 0 Å². The first-order valence-electron chi connectivity index (χ1n) is 7.34. The van der Waals surface area contributed by atoms with E-state index in [1.807, 2.05) is 0 Å². The molecule has 2 amide bonds. The first kappa shape index (κ1) is 13.8. The van der Waals surface area contributed by atoms with Crippen molar-refractivity contribution in [2.45, 2.75) is 57.1 Å². The van der Waals surface area contributed by atoms with E-state index in [1.165, 1.54) is 30.6 Å². The Bertz CT molecular complexity index is 453. The third-order valence-electron chi connectivity index (χ3n) is 3.81. The molecule has 0 aromatic carbocycles. The quantitative estimate of drug-likeness (QED) is 0.899. The van der Waals surface area contributed by atoms with Crippen LogP contribution in [-0.4, -0.2) is 28.9 Å². The Kier molecular flexibility index (Phi) is 4.47. The summed E-state index contributed by atoms with van der Waals surface area (Å²) >= 11 is 1.40. The number of hydrogen-bond acceptors (Lipinski definition) is 5. The summed E-state index contributed by atoms with van der Waals surface area (Å²) in [5, 5.41) is 15.3. The Hall–Kier alpha value is -1.21. The van der Waals surface area contributed by atoms with E-state index in [0.717, 1.165) is 37.3 Å². The second-order valence-electron chi connectivity index (χ2n) is 5.38. The van der Waals surface area contributed by atoms with Gasteiger partial charge in [-0.2, -0.15) is 0 Å². The fourth-order valence-corrected chi connectivity index (χ4v) is 3.58. The minimum absolute atomic E-state index is 0.0597. The molecule has 2 heterocycles. The molecule has 110 valence electrons. The SMILES string of the molecule is O=C(Nc1nnc(C2CCCO2)s1)NC1CCCCC1. The van der Waals surface area contributed by atoms with Crippen LogP contribution < -0.4 is 10.6 Å². The molecule has 0 radical (unpaired) electrons. The first-order valence-corrected chi connectivity index (χ1v) is 8.15. The molecule has 1 saturated carbocycles. The number of nitrogens with one attached hydrogen (secondary N) is 2. The van der Waals surface area contributed by atoms with Gasteiger partial charge in [-0.25, -0.2) is 4.79 Å². The number of anilines is 1. The number of nitrogens with zero attached hydrogens (tertiary/aromatic N) is 2. The molecule has 0 bridgehead atoms. The van der Waals surface area contributed by atoms with E-state index in [4.69, 9.17) is 4.74 Å². The van der Waals surface area contributed by atoms with Crippen molar-refractivity contribution >= 4 is 22.5 Å². The number of amides is 2. The van der Waals surface area contributed by atoms with Gasteiger partial charge in [-0.05, 0) is 25.7 Å². The molecule has 0 spiro atoms. The van der Waals surface area contributed by atoms with E-state index in [9.17, 15) is 4.79 Å². The molecule has 1 aromatic rings. The average molecular weight is 296 g/mol. The van der Waals surface area contributed by atoms with Gasteiger partial charge in [-0.1, -0.05) is 30.6 Å². The molecule has 1 unspecified atom stereocenters. The van der Waals surface area contributed by atoms with Gasteiger partial charge in [0.2, 0.25) is 5.13 Å². The summed E-state index contributed by atoms with van der Waals surface area (Å²) in [7, 11) is 0. The lowest BCUT2D eigenvalue weighted by atomic mass is 9.96. The van der Waals surface area contributed by atoms with Crippen LogP contribution >= 0.6 is 11.3 Å². The van der Waals surface area contributed by atoms with Crippen molar-refractivity contribution in [3.8, 4) is 0 Å². The lowest BCUT2D eigenvalue weighted by Gasteiger charge is -2.22. The number of carbonyl (C=O) groups excluding carboxylic acids is 1. The third kappa shape index (κ3) is 3.46. The van der Waals surface area contributed by atoms with Gasteiger partial charge >= 0.3 is 6.03 Å². The highest BCUT2D eigenvalue weighted by Gasteiger charge is 2.22. The Morgan fingerprint density at radius 1 is 1.15 bits per heavy atom. The van der Waals surface area contributed by atoms with Crippen LogP contribution in [0.3, 0.4) is 0 Å². The zero-order valence-electron chi connectivity index (χ0n) is 11.4. The van der Waals surface area contributed by atoms with Gasteiger partial charge in [0.05, 0.1) is 0 Å². The van der Waals surface area contributed by atoms with Crippen molar-refractivity contribution in [2.75, 3.05) is 11.9 Å². The second kappa shape index (κ2) is 6.49. The van der Waals surface area contributed by atoms with Crippen LogP contribution in [-0.2, 0) is 4.74 Å². The van der Waals surface area contributed by atoms with Crippen LogP contribution in [0.25, 0.3) is 0 Å². The molecule has 2 fully saturated rings. The largest absolute Gasteiger partial charge is 0.371 e. The van der Waals surface area contributed by atoms with Crippen molar-refractivity contribution in [2.24, 2.45) is 0 Å². The fraction of sp³-hybridized carbons (Fsp3) is 0.769. The molecule has 1 aromatic heterocycles. The van der Waals surface area contributed by atoms with Gasteiger partial charge in [-0.3, -0.25) is 5.32 Å². The van der Waals surface area contributed by atoms with Gasteiger partial charge in [0.1, 0.15) is 11.1 Å². The minimum atomic E-state index is -0.174. The van der Waals surface area contributed by atoms with Crippen LogP contribution in [0, 0.1) is 0 Å². The van der Waals surface area contributed by atoms with Gasteiger partial charge < -0.3 is 10.1 Å². The number of aromatic nitrogens is 2. The van der Waals surface area contributed by atoms with Crippen molar-refractivity contribution in [3.63, 3.8) is 0 Å². The number of urea groups is 1. The Morgan fingerprint density at radius 2 is 2.00 bits per heavy atom. The Labute approximate surface area is 122 Å². The van der Waals surface area contributed by atoms with Crippen LogP contribution in [0.15, 0.2) is 0 Å². The summed E-state index contributed by atoms with van der Waals surface area (Å²) in [6, 6.07) is 0.126. The summed E-state index contributed by atoms with van der Waals surface area (Å²) in [4.78, 5) is 11.9. The smallest absolute Gasteiger partial charge is 0.321 e. The molecule has 1 saturated heterocycles. The van der Waals surface area contributed by atoms with E-state index in [-0.39, 0.29) is 12.1 Å². The van der Waals surface area contributed by atoms with Crippen LogP contribution in [0.4, 0.5) is 9.93 Å². The predicted molar refractivity (Wildman–Crippen MR) is 76.9 cm³/mol. The van der Waals surface area contributed by atoms with E-state index in [2.05, 4.69) is 20.8 Å². The zero-order valence-corrected chi connectivity index (χ0v) is 12.2. The minimum Gasteiger partial charge on any atom is -0.371 e. The summed E-state index contributed by atoms with van der Waals surface area (Å²) in [6.45, 7) is 0.787. The second-order valence-corrected chi connectivity index (χ2v) is 6.39. The topological polar surface area (TPSA) is 76.1 Å². The highest BCUT2D eigenvalue weighted by atomic mass is 32.1. The predicted octanol–water partition coefficient (Wildman–Crippen LogP) is 2.84. The van der Waals surface area contributed by atoms with E-state index < -0.39 is 0 Å². The third-order valence-corrected chi connectivity index (χ3v) is 4.74. The van der Waals surface area contributed by atoms with Crippen molar-refractivity contribution in [1.82, 2.24) is 15.5 Å². The molecule has 1 atom stereocenters. The fourth-order valence-electron chi connectivity index (χ4n) is 2.75. The van der Waals surface area contributed by atoms with Crippen LogP contribution in [0.1, 0.15) is 56.1 Å². The molecule has 7 heteroatoms. The van der Waals surface area contributed by atoms with Crippen LogP contribution in [0.5, 0.6) is 0 Å². The molecular formula is C13H20N4O2S. The van der Waals surface area contributed by atoms with E-state index in [0.29, 0.717) is 11.2 Å². The maximum absolute atomic E-state index is 11.9. The summed E-state index contributed by atoms with van der Waals surface area (Å²) in [5.41, 5.74) is 0. The lowest BCUT2D eigenvalue weighted by Crippen LogP contribution is -2.38. The molecule has 3 rings (SSSR count).